The highest BCUT2D eigenvalue weighted by Gasteiger charge is 2.20. The van der Waals surface area contributed by atoms with E-state index in [9.17, 15) is 20.5 Å². The summed E-state index contributed by atoms with van der Waals surface area (Å²) >= 11 is 0. The maximum absolute atomic E-state index is 10.8. The smallest absolute Gasteiger partial charge is 0.270 e. The number of nitriles is 1. The average molecular weight is 254 g/mol. The second-order valence-electron chi connectivity index (χ2n) is 3.97. The minimum Gasteiger partial charge on any atom is -0.508 e. The lowest BCUT2D eigenvalue weighted by molar-refractivity contribution is -0.384. The molecular formula is C14H10N2O3. The summed E-state index contributed by atoms with van der Waals surface area (Å²) in [5.74, 6) is -0.859. The maximum Gasteiger partial charge on any atom is 0.270 e. The van der Waals surface area contributed by atoms with E-state index in [0.29, 0.717) is 5.56 Å². The number of hydrogen-bond acceptors (Lipinski definition) is 4. The number of phenols is 1. The lowest BCUT2D eigenvalue weighted by atomic mass is 9.91. The molecule has 0 radical (unpaired) electrons. The molecule has 5 heteroatoms. The first kappa shape index (κ1) is 12.6. The molecule has 0 saturated carbocycles. The molecule has 0 bridgehead atoms. The van der Waals surface area contributed by atoms with Gasteiger partial charge in [-0.2, -0.15) is 5.26 Å². The van der Waals surface area contributed by atoms with Crippen molar-refractivity contribution >= 4 is 5.69 Å². The predicted molar refractivity (Wildman–Crippen MR) is 68.7 cm³/mol. The molecule has 5 nitrogen and oxygen atoms in total. The Kier molecular flexibility index (Phi) is 3.44. The summed E-state index contributed by atoms with van der Waals surface area (Å²) in [5, 5.41) is 29.8. The van der Waals surface area contributed by atoms with Crippen molar-refractivity contribution in [1.29, 1.82) is 5.26 Å². The van der Waals surface area contributed by atoms with Gasteiger partial charge in [-0.25, -0.2) is 0 Å². The van der Waals surface area contributed by atoms with Crippen LogP contribution < -0.4 is 0 Å². The topological polar surface area (TPSA) is 87.2 Å². The van der Waals surface area contributed by atoms with Crippen molar-refractivity contribution in [2.24, 2.45) is 0 Å². The molecule has 0 aromatic heterocycles. The van der Waals surface area contributed by atoms with Crippen LogP contribution in [0.2, 0.25) is 0 Å². The van der Waals surface area contributed by atoms with Gasteiger partial charge in [0.2, 0.25) is 0 Å². The Labute approximate surface area is 109 Å². The van der Waals surface area contributed by atoms with Gasteiger partial charge in [-0.1, -0.05) is 30.3 Å². The van der Waals surface area contributed by atoms with Gasteiger partial charge in [-0.05, 0) is 11.6 Å². The molecule has 2 aromatic carbocycles. The molecule has 2 aromatic rings. The second kappa shape index (κ2) is 5.19. The minimum absolute atomic E-state index is 0.124. The van der Waals surface area contributed by atoms with E-state index in [1.165, 1.54) is 18.2 Å². The molecule has 0 aliphatic heterocycles. The molecule has 0 amide bonds. The third kappa shape index (κ3) is 2.53. The van der Waals surface area contributed by atoms with Crippen LogP contribution in [0.15, 0.2) is 48.5 Å². The molecule has 0 aliphatic carbocycles. The van der Waals surface area contributed by atoms with Gasteiger partial charge in [0.25, 0.3) is 5.69 Å². The van der Waals surface area contributed by atoms with E-state index in [1.54, 1.807) is 24.3 Å². The zero-order valence-corrected chi connectivity index (χ0v) is 9.85. The van der Waals surface area contributed by atoms with Crippen LogP contribution in [0.5, 0.6) is 5.75 Å². The molecule has 94 valence electrons. The van der Waals surface area contributed by atoms with Crippen molar-refractivity contribution in [3.63, 3.8) is 0 Å². The number of nitro groups is 1. The normalized spacial score (nSPS) is 11.5. The van der Waals surface area contributed by atoms with E-state index >= 15 is 0 Å². The number of phenolic OH excluding ortho intramolecular Hbond substituents is 1. The van der Waals surface area contributed by atoms with Gasteiger partial charge in [0.1, 0.15) is 11.7 Å². The first-order chi connectivity index (χ1) is 9.13. The first-order valence-corrected chi connectivity index (χ1v) is 5.55. The molecule has 0 heterocycles. The molecule has 1 atom stereocenters. The number of nitrogens with zero attached hydrogens (tertiary/aromatic N) is 2. The lowest BCUT2D eigenvalue weighted by Gasteiger charge is -2.11. The largest absolute Gasteiger partial charge is 0.508 e. The molecule has 0 aliphatic rings. The molecule has 0 saturated heterocycles. The predicted octanol–water partition coefficient (Wildman–Crippen LogP) is 2.96. The monoisotopic (exact) mass is 254 g/mol. The number of benzene rings is 2. The summed E-state index contributed by atoms with van der Waals surface area (Å²) in [6, 6.07) is 14.6. The Balaban J connectivity index is 2.53. The number of hydrogen-bond donors (Lipinski definition) is 1. The second-order valence-corrected chi connectivity index (χ2v) is 3.97. The first-order valence-electron chi connectivity index (χ1n) is 5.55. The number of non-ortho nitro benzene ring substituents is 1. The van der Waals surface area contributed by atoms with Gasteiger partial charge in [-0.15, -0.1) is 0 Å². The van der Waals surface area contributed by atoms with Crippen molar-refractivity contribution in [3.05, 3.63) is 69.8 Å². The number of aromatic hydroxyl groups is 1. The Morgan fingerprint density at radius 1 is 1.21 bits per heavy atom. The van der Waals surface area contributed by atoms with Crippen molar-refractivity contribution in [2.75, 3.05) is 0 Å². The van der Waals surface area contributed by atoms with Crippen LogP contribution in [-0.4, -0.2) is 10.0 Å². The third-order valence-electron chi connectivity index (χ3n) is 2.79. The van der Waals surface area contributed by atoms with Crippen molar-refractivity contribution in [1.82, 2.24) is 0 Å². The van der Waals surface area contributed by atoms with Crippen LogP contribution in [0, 0.1) is 21.4 Å². The molecule has 0 spiro atoms. The molecule has 2 rings (SSSR count). The maximum atomic E-state index is 10.8. The Morgan fingerprint density at radius 3 is 2.47 bits per heavy atom. The highest BCUT2D eigenvalue weighted by Crippen LogP contribution is 2.33. The fourth-order valence-corrected chi connectivity index (χ4v) is 1.86. The molecule has 0 fully saturated rings. The van der Waals surface area contributed by atoms with Crippen LogP contribution in [0.3, 0.4) is 0 Å². The quantitative estimate of drug-likeness (QED) is 0.673. The summed E-state index contributed by atoms with van der Waals surface area (Å²) in [6.45, 7) is 0. The van der Waals surface area contributed by atoms with E-state index in [-0.39, 0.29) is 17.0 Å². The zero-order valence-electron chi connectivity index (χ0n) is 9.85. The summed E-state index contributed by atoms with van der Waals surface area (Å²) < 4.78 is 0. The van der Waals surface area contributed by atoms with E-state index in [2.05, 4.69) is 6.07 Å². The van der Waals surface area contributed by atoms with Crippen LogP contribution in [0.1, 0.15) is 17.0 Å². The Morgan fingerprint density at radius 2 is 1.89 bits per heavy atom. The summed E-state index contributed by atoms with van der Waals surface area (Å²) in [7, 11) is 0. The summed E-state index contributed by atoms with van der Waals surface area (Å²) in [5.41, 5.74) is 0.771. The fourth-order valence-electron chi connectivity index (χ4n) is 1.86. The minimum atomic E-state index is -0.735. The van der Waals surface area contributed by atoms with Crippen molar-refractivity contribution < 1.29 is 10.0 Å². The van der Waals surface area contributed by atoms with E-state index < -0.39 is 10.8 Å². The molecule has 19 heavy (non-hydrogen) atoms. The van der Waals surface area contributed by atoms with E-state index in [1.807, 2.05) is 6.07 Å². The highest BCUT2D eigenvalue weighted by molar-refractivity contribution is 5.50. The van der Waals surface area contributed by atoms with Gasteiger partial charge < -0.3 is 5.11 Å². The molecular weight excluding hydrogens is 244 g/mol. The standard InChI is InChI=1S/C14H10N2O3/c15-9-13(10-4-2-1-3-5-10)12-8-11(16(18)19)6-7-14(12)17/h1-8,13,17H. The fraction of sp³-hybridized carbons (Fsp3) is 0.0714. The molecule has 1 N–H and O–H groups in total. The van der Waals surface area contributed by atoms with Crippen molar-refractivity contribution in [2.45, 2.75) is 5.92 Å². The van der Waals surface area contributed by atoms with Gasteiger partial charge in [0.15, 0.2) is 0 Å². The Hall–Kier alpha value is -2.87. The van der Waals surface area contributed by atoms with E-state index in [0.717, 1.165) is 0 Å². The lowest BCUT2D eigenvalue weighted by Crippen LogP contribution is -2.00. The van der Waals surface area contributed by atoms with Crippen LogP contribution in [0.4, 0.5) is 5.69 Å². The third-order valence-corrected chi connectivity index (χ3v) is 2.79. The van der Waals surface area contributed by atoms with Gasteiger partial charge >= 0.3 is 0 Å². The number of rotatable bonds is 3. The van der Waals surface area contributed by atoms with Crippen molar-refractivity contribution in [3.8, 4) is 11.8 Å². The van der Waals surface area contributed by atoms with Gasteiger partial charge in [-0.3, -0.25) is 10.1 Å². The average Bonchev–Trinajstić information content (AvgIpc) is 2.42. The van der Waals surface area contributed by atoms with Crippen LogP contribution in [0.25, 0.3) is 0 Å². The number of nitro benzene ring substituents is 1. The summed E-state index contributed by atoms with van der Waals surface area (Å²) in [6.07, 6.45) is 0. The zero-order chi connectivity index (χ0) is 13.8. The van der Waals surface area contributed by atoms with Gasteiger partial charge in [0.05, 0.1) is 11.0 Å². The SMILES string of the molecule is N#CC(c1ccccc1)c1cc([N+](=O)[O-])ccc1O. The molecule has 1 unspecified atom stereocenters. The van der Waals surface area contributed by atoms with Crippen LogP contribution in [-0.2, 0) is 0 Å². The van der Waals surface area contributed by atoms with E-state index in [4.69, 9.17) is 0 Å². The van der Waals surface area contributed by atoms with Gasteiger partial charge in [0, 0.05) is 17.7 Å². The summed E-state index contributed by atoms with van der Waals surface area (Å²) in [4.78, 5) is 10.2. The van der Waals surface area contributed by atoms with Crippen LogP contribution >= 0.6 is 0 Å². The Bertz CT molecular complexity index is 647. The highest BCUT2D eigenvalue weighted by atomic mass is 16.6.